The van der Waals surface area contributed by atoms with E-state index in [1.54, 1.807) is 47.4 Å². The Labute approximate surface area is 197 Å². The number of anilines is 2. The van der Waals surface area contributed by atoms with Crippen LogP contribution in [0.2, 0.25) is 0 Å². The van der Waals surface area contributed by atoms with Crippen molar-refractivity contribution in [2.24, 2.45) is 0 Å². The molecule has 0 aliphatic heterocycles. The third-order valence-electron chi connectivity index (χ3n) is 5.51. The second-order valence-electron chi connectivity index (χ2n) is 7.78. The van der Waals surface area contributed by atoms with E-state index >= 15 is 0 Å². The number of methoxy groups -OCH3 is 1. The first-order valence-corrected chi connectivity index (χ1v) is 10.9. The second-order valence-corrected chi connectivity index (χ2v) is 7.78. The number of amides is 1. The van der Waals surface area contributed by atoms with Crippen LogP contribution < -0.4 is 10.6 Å². The molecule has 34 heavy (non-hydrogen) atoms. The molecule has 0 saturated heterocycles. The number of nitrogens with one attached hydrogen (secondary N) is 2. The predicted molar refractivity (Wildman–Crippen MR) is 131 cm³/mol. The normalized spacial score (nSPS) is 11.4. The number of hydrogen-bond donors (Lipinski definition) is 2. The van der Waals surface area contributed by atoms with Crippen LogP contribution in [0.3, 0.4) is 0 Å². The van der Waals surface area contributed by atoms with Crippen LogP contribution in [0, 0.1) is 0 Å². The fourth-order valence-corrected chi connectivity index (χ4v) is 3.59. The van der Waals surface area contributed by atoms with Crippen molar-refractivity contribution in [3.05, 3.63) is 89.7 Å². The molecular weight excluding hydrogens is 432 g/mol. The number of benzene rings is 1. The van der Waals surface area contributed by atoms with Crippen molar-refractivity contribution in [1.29, 1.82) is 0 Å². The van der Waals surface area contributed by atoms with E-state index in [2.05, 4.69) is 15.6 Å². The van der Waals surface area contributed by atoms with Crippen LogP contribution in [0.5, 0.6) is 0 Å². The lowest BCUT2D eigenvalue weighted by atomic mass is 10.2. The minimum atomic E-state index is -0.591. The van der Waals surface area contributed by atoms with Gasteiger partial charge in [-0.1, -0.05) is 29.8 Å². The number of nitrogens with zero attached hydrogens (tertiary/aromatic N) is 2. The van der Waals surface area contributed by atoms with Crippen molar-refractivity contribution in [2.45, 2.75) is 20.4 Å². The molecule has 0 radical (unpaired) electrons. The highest BCUT2D eigenvalue weighted by Crippen LogP contribution is 2.33. The number of allylic oxidation sites excluding steroid dienone is 1. The summed E-state index contributed by atoms with van der Waals surface area (Å²) in [5, 5.41) is 6.86. The second kappa shape index (κ2) is 10.1. The Balaban J connectivity index is 1.86. The molecule has 0 aliphatic carbocycles. The predicted octanol–water partition coefficient (Wildman–Crippen LogP) is 5.09. The number of ether oxygens (including phenoxy) is 1. The Kier molecular flexibility index (Phi) is 6.77. The fourth-order valence-electron chi connectivity index (χ4n) is 3.59. The van der Waals surface area contributed by atoms with E-state index in [4.69, 9.17) is 9.15 Å². The lowest BCUT2D eigenvalue weighted by molar-refractivity contribution is 0.0590. The van der Waals surface area contributed by atoms with Crippen LogP contribution in [-0.4, -0.2) is 35.1 Å². The third kappa shape index (κ3) is 4.71. The Morgan fingerprint density at radius 1 is 1.18 bits per heavy atom. The quantitative estimate of drug-likeness (QED) is 0.282. The highest BCUT2D eigenvalue weighted by molar-refractivity contribution is 6.14. The average molecular weight is 459 g/mol. The molecule has 0 saturated carbocycles. The molecule has 8 heteroatoms. The van der Waals surface area contributed by atoms with Gasteiger partial charge in [0.1, 0.15) is 11.4 Å². The molecule has 3 aromatic heterocycles. The first-order chi connectivity index (χ1) is 16.5. The Bertz CT molecular complexity index is 1340. The zero-order valence-corrected chi connectivity index (χ0v) is 19.3. The summed E-state index contributed by atoms with van der Waals surface area (Å²) in [5.41, 5.74) is 3.44. The summed E-state index contributed by atoms with van der Waals surface area (Å²) >= 11 is 0. The van der Waals surface area contributed by atoms with Gasteiger partial charge < -0.3 is 24.4 Å². The third-order valence-corrected chi connectivity index (χ3v) is 5.51. The smallest absolute Gasteiger partial charge is 0.356 e. The largest absolute Gasteiger partial charge is 0.467 e. The van der Waals surface area contributed by atoms with Crippen molar-refractivity contribution >= 4 is 34.3 Å². The van der Waals surface area contributed by atoms with Crippen LogP contribution in [0.15, 0.2) is 77.1 Å². The van der Waals surface area contributed by atoms with Gasteiger partial charge in [0.15, 0.2) is 5.69 Å². The van der Waals surface area contributed by atoms with E-state index in [0.717, 1.165) is 5.69 Å². The van der Waals surface area contributed by atoms with Crippen molar-refractivity contribution < 1.29 is 18.7 Å². The first-order valence-electron chi connectivity index (χ1n) is 10.9. The first kappa shape index (κ1) is 22.8. The number of aromatic nitrogens is 2. The van der Waals surface area contributed by atoms with Crippen molar-refractivity contribution in [1.82, 2.24) is 9.55 Å². The van der Waals surface area contributed by atoms with Crippen LogP contribution >= 0.6 is 0 Å². The van der Waals surface area contributed by atoms with Gasteiger partial charge in [-0.2, -0.15) is 0 Å². The number of carbonyl (C=O) groups excluding carboxylic acids is 2. The number of rotatable bonds is 8. The molecule has 0 spiro atoms. The number of esters is 1. The minimum absolute atomic E-state index is 0.187. The molecule has 0 fully saturated rings. The molecule has 0 unspecified atom stereocenters. The molecule has 0 aliphatic rings. The maximum Gasteiger partial charge on any atom is 0.356 e. The summed E-state index contributed by atoms with van der Waals surface area (Å²) < 4.78 is 12.3. The maximum absolute atomic E-state index is 13.1. The molecular formula is C26H26N4O4. The summed E-state index contributed by atoms with van der Waals surface area (Å²) in [5.74, 6) is -0.297. The Morgan fingerprint density at radius 2 is 1.97 bits per heavy atom. The molecule has 4 rings (SSSR count). The monoisotopic (exact) mass is 458 g/mol. The number of hydrogen-bond acceptors (Lipinski definition) is 6. The van der Waals surface area contributed by atoms with Crippen LogP contribution in [0.25, 0.3) is 11.0 Å². The van der Waals surface area contributed by atoms with Gasteiger partial charge in [0.25, 0.3) is 5.91 Å². The van der Waals surface area contributed by atoms with E-state index in [9.17, 15) is 9.59 Å². The molecule has 1 amide bonds. The highest BCUT2D eigenvalue weighted by atomic mass is 16.5. The molecule has 4 aromatic rings. The lowest BCUT2D eigenvalue weighted by Crippen LogP contribution is -2.17. The summed E-state index contributed by atoms with van der Waals surface area (Å²) in [4.78, 5) is 30.6. The minimum Gasteiger partial charge on any atom is -0.467 e. The SMILES string of the molecule is C/C=C(\C)CNc1cnc2c(c1)c(NC(=O)c1ccccc1)c(C(=O)OC)n2Cc1ccco1. The fraction of sp³-hybridized carbons (Fsp3) is 0.192. The number of fused-ring (bicyclic) bond motifs is 1. The topological polar surface area (TPSA) is 98.4 Å². The highest BCUT2D eigenvalue weighted by Gasteiger charge is 2.27. The zero-order valence-electron chi connectivity index (χ0n) is 19.3. The standard InChI is InChI=1S/C26H26N4O4/c1-4-17(2)14-27-19-13-21-22(29-25(31)18-9-6-5-7-10-18)23(26(32)33-3)30(24(21)28-15-19)16-20-11-8-12-34-20/h4-13,15,27H,14,16H2,1-3H3,(H,29,31)/b17-4+. The number of pyridine rings is 1. The van der Waals surface area contributed by atoms with Gasteiger partial charge in [0.05, 0.1) is 37.5 Å². The summed E-state index contributed by atoms with van der Waals surface area (Å²) in [6.45, 7) is 4.89. The van der Waals surface area contributed by atoms with Gasteiger partial charge in [0.2, 0.25) is 0 Å². The molecule has 2 N–H and O–H groups in total. The van der Waals surface area contributed by atoms with Gasteiger partial charge in [0, 0.05) is 17.5 Å². The van der Waals surface area contributed by atoms with Gasteiger partial charge in [-0.15, -0.1) is 0 Å². The van der Waals surface area contributed by atoms with E-state index < -0.39 is 5.97 Å². The van der Waals surface area contributed by atoms with E-state index in [-0.39, 0.29) is 18.1 Å². The van der Waals surface area contributed by atoms with Crippen LogP contribution in [-0.2, 0) is 11.3 Å². The lowest BCUT2D eigenvalue weighted by Gasteiger charge is -2.10. The van der Waals surface area contributed by atoms with Crippen molar-refractivity contribution in [2.75, 3.05) is 24.3 Å². The van der Waals surface area contributed by atoms with Crippen LogP contribution in [0.1, 0.15) is 40.5 Å². The summed E-state index contributed by atoms with van der Waals surface area (Å²) in [6, 6.07) is 14.3. The molecule has 0 atom stereocenters. The van der Waals surface area contributed by atoms with Gasteiger partial charge in [-0.05, 0) is 44.2 Å². The maximum atomic E-state index is 13.1. The zero-order chi connectivity index (χ0) is 24.1. The summed E-state index contributed by atoms with van der Waals surface area (Å²) in [7, 11) is 1.31. The van der Waals surface area contributed by atoms with Crippen molar-refractivity contribution in [3.8, 4) is 0 Å². The number of carbonyl (C=O) groups is 2. The summed E-state index contributed by atoms with van der Waals surface area (Å²) in [6.07, 6.45) is 5.30. The average Bonchev–Trinajstić information content (AvgIpc) is 3.49. The molecule has 1 aromatic carbocycles. The Morgan fingerprint density at radius 3 is 2.65 bits per heavy atom. The Hall–Kier alpha value is -4.33. The van der Waals surface area contributed by atoms with Gasteiger partial charge >= 0.3 is 5.97 Å². The molecule has 0 bridgehead atoms. The molecule has 3 heterocycles. The molecule has 174 valence electrons. The van der Waals surface area contributed by atoms with Gasteiger partial charge in [-0.25, -0.2) is 9.78 Å². The van der Waals surface area contributed by atoms with Crippen LogP contribution in [0.4, 0.5) is 11.4 Å². The van der Waals surface area contributed by atoms with Gasteiger partial charge in [-0.3, -0.25) is 4.79 Å². The van der Waals surface area contributed by atoms with Crippen molar-refractivity contribution in [3.63, 3.8) is 0 Å². The van der Waals surface area contributed by atoms with E-state index in [0.29, 0.717) is 34.6 Å². The molecule has 8 nitrogen and oxygen atoms in total. The van der Waals surface area contributed by atoms with E-state index in [1.165, 1.54) is 12.7 Å². The van der Waals surface area contributed by atoms with E-state index in [1.807, 2.05) is 38.1 Å². The number of furan rings is 1.